The Labute approximate surface area is 153 Å². The lowest BCUT2D eigenvalue weighted by Gasteiger charge is -2.20. The number of hydrogen-bond acceptors (Lipinski definition) is 3. The van der Waals surface area contributed by atoms with Crippen molar-refractivity contribution in [1.29, 1.82) is 0 Å². The summed E-state index contributed by atoms with van der Waals surface area (Å²) in [7, 11) is -2.39. The van der Waals surface area contributed by atoms with Gasteiger partial charge in [-0.1, -0.05) is 41.4 Å². The van der Waals surface area contributed by atoms with Crippen LogP contribution in [0.3, 0.4) is 0 Å². The van der Waals surface area contributed by atoms with E-state index in [0.29, 0.717) is 21.8 Å². The van der Waals surface area contributed by atoms with Gasteiger partial charge in [0.2, 0.25) is 15.9 Å². The van der Waals surface area contributed by atoms with E-state index >= 15 is 0 Å². The first-order valence-corrected chi connectivity index (χ1v) is 9.53. The molecule has 0 saturated heterocycles. The molecule has 0 bridgehead atoms. The molecule has 0 aromatic heterocycles. The molecule has 0 saturated carbocycles. The average molecular weight is 381 g/mol. The summed E-state index contributed by atoms with van der Waals surface area (Å²) in [6.07, 6.45) is 0. The quantitative estimate of drug-likeness (QED) is 0.862. The number of hydrogen-bond donors (Lipinski definition) is 1. The van der Waals surface area contributed by atoms with Gasteiger partial charge in [0.1, 0.15) is 0 Å². The second kappa shape index (κ2) is 7.56. The van der Waals surface area contributed by atoms with Crippen LogP contribution >= 0.6 is 11.6 Å². The molecule has 0 heterocycles. The third-order valence-corrected chi connectivity index (χ3v) is 6.23. The fourth-order valence-electron chi connectivity index (χ4n) is 2.77. The first kappa shape index (κ1) is 19.4. The number of carbonyl (C=O) groups is 1. The minimum Gasteiger partial charge on any atom is -0.324 e. The number of halogens is 1. The van der Waals surface area contributed by atoms with E-state index in [4.69, 9.17) is 11.6 Å². The van der Waals surface area contributed by atoms with Crippen LogP contribution in [0.2, 0.25) is 5.02 Å². The normalized spacial score (nSPS) is 11.6. The van der Waals surface area contributed by atoms with Gasteiger partial charge in [-0.05, 0) is 44.0 Å². The highest BCUT2D eigenvalue weighted by Gasteiger charge is 2.26. The number of likely N-dealkylation sites (N-methyl/N-ethyl adjacent to an activating group) is 1. The van der Waals surface area contributed by atoms with Gasteiger partial charge in [-0.15, -0.1) is 0 Å². The molecule has 5 nitrogen and oxygen atoms in total. The maximum Gasteiger partial charge on any atom is 0.243 e. The van der Waals surface area contributed by atoms with Crippen molar-refractivity contribution in [2.75, 3.05) is 18.9 Å². The summed E-state index contributed by atoms with van der Waals surface area (Å²) in [6.45, 7) is 5.12. The van der Waals surface area contributed by atoms with Gasteiger partial charge in [0, 0.05) is 7.05 Å². The van der Waals surface area contributed by atoms with Crippen molar-refractivity contribution in [3.8, 4) is 0 Å². The zero-order chi connectivity index (χ0) is 18.8. The van der Waals surface area contributed by atoms with E-state index < -0.39 is 15.9 Å². The Morgan fingerprint density at radius 2 is 1.68 bits per heavy atom. The highest BCUT2D eigenvalue weighted by molar-refractivity contribution is 7.89. The SMILES string of the molecule is Cc1cc(C)c(S(=O)(=O)N(C)CC(=O)Nc2ccccc2Cl)c(C)c1. The lowest BCUT2D eigenvalue weighted by molar-refractivity contribution is -0.116. The lowest BCUT2D eigenvalue weighted by Crippen LogP contribution is -2.35. The first-order valence-electron chi connectivity index (χ1n) is 7.71. The predicted octanol–water partition coefficient (Wildman–Crippen LogP) is 3.52. The maximum absolute atomic E-state index is 12.9. The molecule has 0 aliphatic rings. The second-order valence-corrected chi connectivity index (χ2v) is 8.41. The molecule has 2 aromatic carbocycles. The standard InChI is InChI=1S/C18H21ClN2O3S/c1-12-9-13(2)18(14(3)10-12)25(23,24)21(4)11-17(22)20-16-8-6-5-7-15(16)19/h5-10H,11H2,1-4H3,(H,20,22). The first-order chi connectivity index (χ1) is 11.6. The number of para-hydroxylation sites is 1. The molecule has 1 amide bonds. The van der Waals surface area contributed by atoms with Crippen LogP contribution in [0, 0.1) is 20.8 Å². The van der Waals surface area contributed by atoms with Crippen LogP contribution in [0.5, 0.6) is 0 Å². The van der Waals surface area contributed by atoms with Crippen LogP contribution in [-0.2, 0) is 14.8 Å². The molecule has 0 atom stereocenters. The van der Waals surface area contributed by atoms with Gasteiger partial charge in [0.25, 0.3) is 0 Å². The molecule has 25 heavy (non-hydrogen) atoms. The zero-order valence-electron chi connectivity index (χ0n) is 14.6. The van der Waals surface area contributed by atoms with Crippen LogP contribution in [0.4, 0.5) is 5.69 Å². The molecule has 0 unspecified atom stereocenters. The minimum absolute atomic E-state index is 0.242. The molecule has 0 radical (unpaired) electrons. The number of carbonyl (C=O) groups excluding carboxylic acids is 1. The Kier molecular flexibility index (Phi) is 5.87. The molecule has 0 aliphatic carbocycles. The Morgan fingerprint density at radius 3 is 2.24 bits per heavy atom. The molecule has 0 aliphatic heterocycles. The van der Waals surface area contributed by atoms with Crippen molar-refractivity contribution < 1.29 is 13.2 Å². The van der Waals surface area contributed by atoms with Crippen LogP contribution in [0.15, 0.2) is 41.3 Å². The van der Waals surface area contributed by atoms with Crippen LogP contribution < -0.4 is 5.32 Å². The summed E-state index contributed by atoms with van der Waals surface area (Å²) in [6, 6.07) is 10.4. The van der Waals surface area contributed by atoms with E-state index in [1.54, 1.807) is 38.1 Å². The summed E-state index contributed by atoms with van der Waals surface area (Å²) in [5.41, 5.74) is 2.77. The van der Waals surface area contributed by atoms with Gasteiger partial charge in [-0.2, -0.15) is 4.31 Å². The van der Waals surface area contributed by atoms with Crippen molar-refractivity contribution in [1.82, 2.24) is 4.31 Å². The minimum atomic E-state index is -3.78. The van der Waals surface area contributed by atoms with E-state index in [1.165, 1.54) is 7.05 Å². The average Bonchev–Trinajstić information content (AvgIpc) is 2.48. The lowest BCUT2D eigenvalue weighted by atomic mass is 10.1. The number of benzene rings is 2. The van der Waals surface area contributed by atoms with Crippen molar-refractivity contribution >= 4 is 33.2 Å². The summed E-state index contributed by atoms with van der Waals surface area (Å²) in [5.74, 6) is -0.457. The van der Waals surface area contributed by atoms with Crippen LogP contribution in [0.25, 0.3) is 0 Å². The fraction of sp³-hybridized carbons (Fsp3) is 0.278. The smallest absolute Gasteiger partial charge is 0.243 e. The third-order valence-electron chi connectivity index (χ3n) is 3.79. The molecule has 0 spiro atoms. The van der Waals surface area contributed by atoms with Gasteiger partial charge < -0.3 is 5.32 Å². The highest BCUT2D eigenvalue weighted by atomic mass is 35.5. The number of aryl methyl sites for hydroxylation is 3. The summed E-state index contributed by atoms with van der Waals surface area (Å²) >= 11 is 6.00. The summed E-state index contributed by atoms with van der Waals surface area (Å²) in [4.78, 5) is 12.4. The molecule has 2 aromatic rings. The van der Waals surface area contributed by atoms with Gasteiger partial charge in [0.05, 0.1) is 22.2 Å². The summed E-state index contributed by atoms with van der Waals surface area (Å²) in [5, 5.41) is 3.02. The second-order valence-electron chi connectivity index (χ2n) is 6.02. The molecule has 134 valence electrons. The maximum atomic E-state index is 12.9. The number of anilines is 1. The summed E-state index contributed by atoms with van der Waals surface area (Å²) < 4.78 is 26.8. The largest absolute Gasteiger partial charge is 0.324 e. The number of nitrogens with zero attached hydrogens (tertiary/aromatic N) is 1. The van der Waals surface area contributed by atoms with E-state index in [2.05, 4.69) is 5.32 Å². The van der Waals surface area contributed by atoms with Gasteiger partial charge >= 0.3 is 0 Å². The van der Waals surface area contributed by atoms with Crippen LogP contribution in [-0.4, -0.2) is 32.2 Å². The Bertz CT molecular complexity index is 887. The number of sulfonamides is 1. The third kappa shape index (κ3) is 4.39. The molecule has 0 fully saturated rings. The van der Waals surface area contributed by atoms with E-state index in [0.717, 1.165) is 9.87 Å². The fourth-order valence-corrected chi connectivity index (χ4v) is 4.48. The van der Waals surface area contributed by atoms with E-state index in [1.807, 2.05) is 19.1 Å². The van der Waals surface area contributed by atoms with Crippen LogP contribution in [0.1, 0.15) is 16.7 Å². The van der Waals surface area contributed by atoms with Gasteiger partial charge in [-0.3, -0.25) is 4.79 Å². The molecule has 2 rings (SSSR count). The van der Waals surface area contributed by atoms with Gasteiger partial charge in [0.15, 0.2) is 0 Å². The van der Waals surface area contributed by atoms with Gasteiger partial charge in [-0.25, -0.2) is 8.42 Å². The van der Waals surface area contributed by atoms with Crippen molar-refractivity contribution in [3.05, 3.63) is 58.1 Å². The molecular formula is C18H21ClN2O3S. The number of rotatable bonds is 5. The molecule has 1 N–H and O–H groups in total. The monoisotopic (exact) mass is 380 g/mol. The van der Waals surface area contributed by atoms with E-state index in [-0.39, 0.29) is 11.4 Å². The number of nitrogens with one attached hydrogen (secondary N) is 1. The predicted molar refractivity (Wildman–Crippen MR) is 101 cm³/mol. The molecule has 7 heteroatoms. The Morgan fingerprint density at radius 1 is 1.12 bits per heavy atom. The van der Waals surface area contributed by atoms with Crippen molar-refractivity contribution in [2.45, 2.75) is 25.7 Å². The number of amides is 1. The van der Waals surface area contributed by atoms with E-state index in [9.17, 15) is 13.2 Å². The zero-order valence-corrected chi connectivity index (χ0v) is 16.2. The molecular weight excluding hydrogens is 360 g/mol. The Balaban J connectivity index is 2.21. The highest BCUT2D eigenvalue weighted by Crippen LogP contribution is 2.25. The topological polar surface area (TPSA) is 66.5 Å². The van der Waals surface area contributed by atoms with Crippen molar-refractivity contribution in [3.63, 3.8) is 0 Å². The van der Waals surface area contributed by atoms with Crippen molar-refractivity contribution in [2.24, 2.45) is 0 Å². The Hall–Kier alpha value is -1.89.